The summed E-state index contributed by atoms with van der Waals surface area (Å²) >= 11 is 0. The van der Waals surface area contributed by atoms with Crippen LogP contribution < -0.4 is 5.73 Å². The number of nitrogens with two attached hydrogens (primary N) is 1. The van der Waals surface area contributed by atoms with Crippen LogP contribution in [0.5, 0.6) is 0 Å². The summed E-state index contributed by atoms with van der Waals surface area (Å²) in [5.74, 6) is 0.767. The molecule has 1 heterocycles. The summed E-state index contributed by atoms with van der Waals surface area (Å²) < 4.78 is 0. The van der Waals surface area contributed by atoms with Crippen molar-refractivity contribution in [2.24, 2.45) is 5.92 Å². The van der Waals surface area contributed by atoms with Crippen LogP contribution in [0.2, 0.25) is 0 Å². The van der Waals surface area contributed by atoms with Crippen molar-refractivity contribution in [1.82, 2.24) is 4.98 Å². The fraction of sp³-hybridized carbons (Fsp3) is 0.667. The third-order valence-electron chi connectivity index (χ3n) is 3.05. The Balaban J connectivity index is 0.000000360. The minimum absolute atomic E-state index is 0.354. The molecule has 3 N–H and O–H groups in total. The van der Waals surface area contributed by atoms with Crippen LogP contribution >= 0.6 is 0 Å². The quantitative estimate of drug-likeness (QED) is 0.846. The summed E-state index contributed by atoms with van der Waals surface area (Å²) in [6.07, 6.45) is 1.85. The Hall–Kier alpha value is -1.09. The highest BCUT2D eigenvalue weighted by Gasteiger charge is 2.16. The minimum Gasteiger partial charge on any atom is -0.397 e. The van der Waals surface area contributed by atoms with Gasteiger partial charge in [0.25, 0.3) is 0 Å². The Labute approximate surface area is 111 Å². The van der Waals surface area contributed by atoms with Crippen LogP contribution in [0.1, 0.15) is 58.7 Å². The standard InChI is InChI=1S/C9H14N2.C6H14O/c1-6(2)9-8(10)4-7(3)5-11-9;1-5(2)6(3,4)7/h4-6H,10H2,1-3H3;5,7H,1-4H3. The van der Waals surface area contributed by atoms with E-state index in [1.807, 2.05) is 46.9 Å². The third kappa shape index (κ3) is 6.01. The lowest BCUT2D eigenvalue weighted by Gasteiger charge is -2.21. The lowest BCUT2D eigenvalue weighted by atomic mass is 9.95. The molecule has 104 valence electrons. The number of aliphatic hydroxyl groups is 1. The highest BCUT2D eigenvalue weighted by atomic mass is 16.3. The van der Waals surface area contributed by atoms with Crippen molar-refractivity contribution in [3.63, 3.8) is 0 Å². The molecule has 0 unspecified atom stereocenters. The van der Waals surface area contributed by atoms with Crippen molar-refractivity contribution in [2.75, 3.05) is 5.73 Å². The molecule has 0 atom stereocenters. The number of aryl methyl sites for hydroxylation is 1. The van der Waals surface area contributed by atoms with Crippen molar-refractivity contribution < 1.29 is 5.11 Å². The summed E-state index contributed by atoms with van der Waals surface area (Å²) in [4.78, 5) is 4.25. The smallest absolute Gasteiger partial charge is 0.0658 e. The second kappa shape index (κ2) is 6.74. The zero-order valence-corrected chi connectivity index (χ0v) is 12.8. The van der Waals surface area contributed by atoms with Crippen molar-refractivity contribution in [3.05, 3.63) is 23.5 Å². The first-order valence-electron chi connectivity index (χ1n) is 6.50. The van der Waals surface area contributed by atoms with Gasteiger partial charge in [-0.1, -0.05) is 27.7 Å². The van der Waals surface area contributed by atoms with Gasteiger partial charge in [-0.3, -0.25) is 4.98 Å². The van der Waals surface area contributed by atoms with Crippen molar-refractivity contribution in [1.29, 1.82) is 0 Å². The third-order valence-corrected chi connectivity index (χ3v) is 3.05. The number of anilines is 1. The minimum atomic E-state index is -0.500. The van der Waals surface area contributed by atoms with Gasteiger partial charge < -0.3 is 10.8 Å². The monoisotopic (exact) mass is 252 g/mol. The molecule has 3 nitrogen and oxygen atoms in total. The Bertz CT molecular complexity index is 365. The topological polar surface area (TPSA) is 59.1 Å². The van der Waals surface area contributed by atoms with Crippen molar-refractivity contribution in [3.8, 4) is 0 Å². The predicted octanol–water partition coefficient (Wildman–Crippen LogP) is 3.51. The number of hydrogen-bond acceptors (Lipinski definition) is 3. The predicted molar refractivity (Wildman–Crippen MR) is 78.6 cm³/mol. The van der Waals surface area contributed by atoms with Gasteiger partial charge in [-0.15, -0.1) is 0 Å². The Kier molecular flexibility index (Phi) is 6.33. The Morgan fingerprint density at radius 1 is 1.22 bits per heavy atom. The molecule has 3 heteroatoms. The number of hydrogen-bond donors (Lipinski definition) is 2. The zero-order chi connectivity index (χ0) is 14.5. The van der Waals surface area contributed by atoms with Gasteiger partial charge in [0.05, 0.1) is 17.0 Å². The lowest BCUT2D eigenvalue weighted by Crippen LogP contribution is -2.25. The second-order valence-corrected chi connectivity index (χ2v) is 5.95. The Morgan fingerprint density at radius 3 is 1.94 bits per heavy atom. The molecule has 0 spiro atoms. The van der Waals surface area contributed by atoms with Crippen molar-refractivity contribution in [2.45, 2.75) is 60.0 Å². The summed E-state index contributed by atoms with van der Waals surface area (Å²) in [7, 11) is 0. The maximum Gasteiger partial charge on any atom is 0.0658 e. The Morgan fingerprint density at radius 2 is 1.67 bits per heavy atom. The molecule has 1 aromatic rings. The van der Waals surface area contributed by atoms with Crippen LogP contribution in [0.15, 0.2) is 12.3 Å². The van der Waals surface area contributed by atoms with Crippen LogP contribution in [0.3, 0.4) is 0 Å². The lowest BCUT2D eigenvalue weighted by molar-refractivity contribution is 0.0327. The van der Waals surface area contributed by atoms with Gasteiger partial charge in [0.2, 0.25) is 0 Å². The average Bonchev–Trinajstić information content (AvgIpc) is 2.15. The molecule has 0 aromatic carbocycles. The van der Waals surface area contributed by atoms with E-state index in [9.17, 15) is 0 Å². The van der Waals surface area contributed by atoms with Gasteiger partial charge in [-0.2, -0.15) is 0 Å². The fourth-order valence-electron chi connectivity index (χ4n) is 1.08. The zero-order valence-electron chi connectivity index (χ0n) is 12.8. The van der Waals surface area contributed by atoms with Gasteiger partial charge in [0.1, 0.15) is 0 Å². The molecule has 0 bridgehead atoms. The number of rotatable bonds is 2. The van der Waals surface area contributed by atoms with Crippen molar-refractivity contribution >= 4 is 5.69 Å². The molecular formula is C15H28N2O. The highest BCUT2D eigenvalue weighted by Crippen LogP contribution is 2.19. The van der Waals surface area contributed by atoms with E-state index in [0.717, 1.165) is 16.9 Å². The highest BCUT2D eigenvalue weighted by molar-refractivity contribution is 5.45. The number of nitrogens with zero attached hydrogens (tertiary/aromatic N) is 1. The van der Waals surface area contributed by atoms with E-state index in [1.54, 1.807) is 0 Å². The molecule has 0 amide bonds. The van der Waals surface area contributed by atoms with E-state index in [0.29, 0.717) is 11.8 Å². The second-order valence-electron chi connectivity index (χ2n) is 5.95. The van der Waals surface area contributed by atoms with E-state index in [2.05, 4.69) is 18.8 Å². The molecule has 0 radical (unpaired) electrons. The maximum atomic E-state index is 9.09. The number of nitrogen functional groups attached to an aromatic ring is 1. The molecule has 0 saturated carbocycles. The van der Waals surface area contributed by atoms with Gasteiger partial charge in [-0.25, -0.2) is 0 Å². The largest absolute Gasteiger partial charge is 0.397 e. The number of pyridine rings is 1. The molecule has 18 heavy (non-hydrogen) atoms. The van der Waals surface area contributed by atoms with Gasteiger partial charge in [-0.05, 0) is 44.2 Å². The van der Waals surface area contributed by atoms with Crippen LogP contribution in [0, 0.1) is 12.8 Å². The summed E-state index contributed by atoms with van der Waals surface area (Å²) in [6, 6.07) is 1.96. The molecule has 0 saturated heterocycles. The van der Waals surface area contributed by atoms with E-state index in [1.165, 1.54) is 0 Å². The maximum absolute atomic E-state index is 9.09. The first-order chi connectivity index (χ1) is 8.05. The van der Waals surface area contributed by atoms with Gasteiger partial charge in [0.15, 0.2) is 0 Å². The molecule has 1 rings (SSSR count). The van der Waals surface area contributed by atoms with E-state index in [-0.39, 0.29) is 0 Å². The van der Waals surface area contributed by atoms with Gasteiger partial charge >= 0.3 is 0 Å². The summed E-state index contributed by atoms with van der Waals surface area (Å²) in [5, 5.41) is 9.09. The van der Waals surface area contributed by atoms with Gasteiger partial charge in [0, 0.05) is 6.20 Å². The van der Waals surface area contributed by atoms with E-state index >= 15 is 0 Å². The molecular weight excluding hydrogens is 224 g/mol. The first-order valence-corrected chi connectivity index (χ1v) is 6.50. The fourth-order valence-corrected chi connectivity index (χ4v) is 1.08. The summed E-state index contributed by atoms with van der Waals surface area (Å²) in [5.41, 5.74) is 8.18. The summed E-state index contributed by atoms with van der Waals surface area (Å²) in [6.45, 7) is 13.8. The van der Waals surface area contributed by atoms with Crippen LogP contribution in [-0.4, -0.2) is 15.7 Å². The van der Waals surface area contributed by atoms with Crippen LogP contribution in [-0.2, 0) is 0 Å². The number of aromatic nitrogens is 1. The molecule has 0 aliphatic carbocycles. The molecule has 0 aliphatic rings. The average molecular weight is 252 g/mol. The first kappa shape index (κ1) is 16.9. The molecule has 0 fully saturated rings. The van der Waals surface area contributed by atoms with E-state index < -0.39 is 5.60 Å². The normalized spacial score (nSPS) is 11.4. The van der Waals surface area contributed by atoms with E-state index in [4.69, 9.17) is 10.8 Å². The molecule has 0 aliphatic heterocycles. The SMILES string of the molecule is CC(C)C(C)(C)O.Cc1cnc(C(C)C)c(N)c1. The molecule has 1 aromatic heterocycles. The van der Waals surface area contributed by atoms with Crippen LogP contribution in [0.4, 0.5) is 5.69 Å². The van der Waals surface area contributed by atoms with Crippen LogP contribution in [0.25, 0.3) is 0 Å².